The second kappa shape index (κ2) is 10.8. The summed E-state index contributed by atoms with van der Waals surface area (Å²) < 4.78 is 1.85. The van der Waals surface area contributed by atoms with Gasteiger partial charge in [0.15, 0.2) is 0 Å². The van der Waals surface area contributed by atoms with E-state index in [4.69, 9.17) is 11.6 Å². The molecular formula is C22H27N7O. The van der Waals surface area contributed by atoms with Crippen LogP contribution in [0.5, 0.6) is 0 Å². The van der Waals surface area contributed by atoms with Crippen molar-refractivity contribution in [1.29, 1.82) is 0 Å². The highest BCUT2D eigenvalue weighted by Crippen LogP contribution is 2.20. The average molecular weight is 406 g/mol. The topological polar surface area (TPSA) is 124 Å². The summed E-state index contributed by atoms with van der Waals surface area (Å²) in [5.41, 5.74) is 12.1. The molecule has 0 aliphatic heterocycles. The molecule has 1 heterocycles. The summed E-state index contributed by atoms with van der Waals surface area (Å²) in [4.78, 5) is 12.3. The summed E-state index contributed by atoms with van der Waals surface area (Å²) in [7, 11) is 0. The van der Waals surface area contributed by atoms with Gasteiger partial charge in [0.05, 0.1) is 17.6 Å². The number of aryl methyl sites for hydroxylation is 1. The van der Waals surface area contributed by atoms with Crippen molar-refractivity contribution in [3.8, 4) is 11.3 Å². The Hall–Kier alpha value is -3.65. The van der Waals surface area contributed by atoms with Crippen LogP contribution in [0.3, 0.4) is 0 Å². The fourth-order valence-corrected chi connectivity index (χ4v) is 3.11. The molecule has 0 radical (unpaired) electrons. The Morgan fingerprint density at radius 1 is 1.03 bits per heavy atom. The number of para-hydroxylation sites is 1. The Labute approximate surface area is 175 Å². The van der Waals surface area contributed by atoms with Crippen molar-refractivity contribution in [2.75, 3.05) is 5.32 Å². The number of aromatic nitrogens is 3. The largest absolute Gasteiger partial charge is 0.397 e. The van der Waals surface area contributed by atoms with E-state index in [9.17, 15) is 4.79 Å². The number of hydrogen-bond acceptors (Lipinski definition) is 6. The van der Waals surface area contributed by atoms with Crippen molar-refractivity contribution in [1.82, 2.24) is 20.4 Å². The van der Waals surface area contributed by atoms with Gasteiger partial charge in [-0.1, -0.05) is 60.2 Å². The summed E-state index contributed by atoms with van der Waals surface area (Å²) >= 11 is 0. The van der Waals surface area contributed by atoms with Gasteiger partial charge in [0, 0.05) is 30.3 Å². The van der Waals surface area contributed by atoms with Crippen LogP contribution in [0, 0.1) is 0 Å². The zero-order valence-electron chi connectivity index (χ0n) is 16.8. The smallest absolute Gasteiger partial charge is 0.224 e. The van der Waals surface area contributed by atoms with E-state index in [1.807, 2.05) is 65.5 Å². The average Bonchev–Trinajstić information content (AvgIpc) is 3.24. The van der Waals surface area contributed by atoms with Crippen LogP contribution in [0.15, 0.2) is 67.0 Å². The number of benzene rings is 2. The van der Waals surface area contributed by atoms with E-state index in [1.165, 1.54) is 6.20 Å². The lowest BCUT2D eigenvalue weighted by Crippen LogP contribution is -2.17. The van der Waals surface area contributed by atoms with Crippen molar-refractivity contribution in [3.05, 3.63) is 72.6 Å². The first-order chi connectivity index (χ1) is 14.7. The first-order valence-electron chi connectivity index (χ1n) is 9.94. The highest BCUT2D eigenvalue weighted by molar-refractivity contribution is 5.93. The van der Waals surface area contributed by atoms with Crippen LogP contribution in [0.4, 0.5) is 5.69 Å². The summed E-state index contributed by atoms with van der Waals surface area (Å²) in [6, 6.07) is 17.3. The molecule has 0 spiro atoms. The van der Waals surface area contributed by atoms with Gasteiger partial charge in [0.1, 0.15) is 5.69 Å². The molecule has 3 rings (SSSR count). The van der Waals surface area contributed by atoms with E-state index in [0.717, 1.165) is 42.6 Å². The predicted molar refractivity (Wildman–Crippen MR) is 118 cm³/mol. The van der Waals surface area contributed by atoms with Gasteiger partial charge in [-0.05, 0) is 18.9 Å². The lowest BCUT2D eigenvalue weighted by molar-refractivity contribution is -0.116. The first kappa shape index (κ1) is 21.1. The minimum Gasteiger partial charge on any atom is -0.397 e. The molecule has 1 amide bonds. The van der Waals surface area contributed by atoms with E-state index < -0.39 is 0 Å². The van der Waals surface area contributed by atoms with Gasteiger partial charge < -0.3 is 16.5 Å². The van der Waals surface area contributed by atoms with Crippen molar-refractivity contribution in [2.24, 2.45) is 11.6 Å². The highest BCUT2D eigenvalue weighted by Gasteiger charge is 2.08. The standard InChI is InChI=1S/C22H27N7O/c23-19(15-25-24)18-11-6-7-12-20(18)26-22(30)13-5-2-8-14-29-16-21(27-28-29)17-9-3-1-4-10-17/h1,3-4,6-7,9-12,15-16,25H,2,5,8,13-14,23-24H2,(H,26,30)/b19-15-. The molecule has 8 nitrogen and oxygen atoms in total. The number of amides is 1. The third kappa shape index (κ3) is 5.92. The molecule has 2 aromatic carbocycles. The molecule has 0 atom stereocenters. The number of carbonyl (C=O) groups is 1. The van der Waals surface area contributed by atoms with Crippen molar-refractivity contribution >= 4 is 17.3 Å². The molecule has 0 aliphatic carbocycles. The number of unbranched alkanes of at least 4 members (excludes halogenated alkanes) is 2. The zero-order chi connectivity index (χ0) is 21.2. The van der Waals surface area contributed by atoms with E-state index in [-0.39, 0.29) is 5.91 Å². The minimum absolute atomic E-state index is 0.0388. The van der Waals surface area contributed by atoms with Gasteiger partial charge in [-0.3, -0.25) is 15.3 Å². The summed E-state index contributed by atoms with van der Waals surface area (Å²) in [5.74, 6) is 5.24. The molecule has 8 heteroatoms. The number of nitrogens with one attached hydrogen (secondary N) is 2. The predicted octanol–water partition coefficient (Wildman–Crippen LogP) is 2.86. The SMILES string of the molecule is NN/C=C(\N)c1ccccc1NC(=O)CCCCCn1cc(-c2ccccc2)nn1. The number of carbonyl (C=O) groups excluding carboxylic acids is 1. The molecule has 0 saturated heterocycles. The van der Waals surface area contributed by atoms with Gasteiger partial charge in [-0.25, -0.2) is 0 Å². The molecular weight excluding hydrogens is 378 g/mol. The van der Waals surface area contributed by atoms with E-state index in [1.54, 1.807) is 0 Å². The fourth-order valence-electron chi connectivity index (χ4n) is 3.11. The van der Waals surface area contributed by atoms with E-state index >= 15 is 0 Å². The monoisotopic (exact) mass is 405 g/mol. The van der Waals surface area contributed by atoms with Crippen LogP contribution in [0.2, 0.25) is 0 Å². The van der Waals surface area contributed by atoms with Crippen LogP contribution >= 0.6 is 0 Å². The zero-order valence-corrected chi connectivity index (χ0v) is 16.8. The van der Waals surface area contributed by atoms with E-state index in [2.05, 4.69) is 21.1 Å². The molecule has 0 aliphatic rings. The third-order valence-electron chi connectivity index (χ3n) is 4.65. The second-order valence-electron chi connectivity index (χ2n) is 6.90. The maximum absolute atomic E-state index is 12.3. The third-order valence-corrected chi connectivity index (χ3v) is 4.65. The second-order valence-corrected chi connectivity index (χ2v) is 6.90. The van der Waals surface area contributed by atoms with Crippen LogP contribution in [0.1, 0.15) is 31.2 Å². The van der Waals surface area contributed by atoms with Crippen molar-refractivity contribution in [3.63, 3.8) is 0 Å². The first-order valence-corrected chi connectivity index (χ1v) is 9.94. The molecule has 30 heavy (non-hydrogen) atoms. The number of nitrogens with two attached hydrogens (primary N) is 2. The van der Waals surface area contributed by atoms with Crippen LogP contribution < -0.4 is 22.3 Å². The van der Waals surface area contributed by atoms with Crippen LogP contribution in [-0.4, -0.2) is 20.9 Å². The quantitative estimate of drug-likeness (QED) is 0.234. The van der Waals surface area contributed by atoms with Gasteiger partial charge in [-0.2, -0.15) is 0 Å². The molecule has 156 valence electrons. The maximum Gasteiger partial charge on any atom is 0.224 e. The number of anilines is 1. The van der Waals surface area contributed by atoms with Crippen molar-refractivity contribution in [2.45, 2.75) is 32.2 Å². The summed E-state index contributed by atoms with van der Waals surface area (Å²) in [6.45, 7) is 0.775. The molecule has 1 aromatic heterocycles. The highest BCUT2D eigenvalue weighted by atomic mass is 16.1. The minimum atomic E-state index is -0.0388. The fraction of sp³-hybridized carbons (Fsp3) is 0.227. The number of rotatable bonds is 10. The number of nitrogens with zero attached hydrogens (tertiary/aromatic N) is 3. The lowest BCUT2D eigenvalue weighted by atomic mass is 10.1. The molecule has 0 unspecified atom stereocenters. The Morgan fingerprint density at radius 3 is 2.60 bits per heavy atom. The van der Waals surface area contributed by atoms with Crippen LogP contribution in [0.25, 0.3) is 17.0 Å². The van der Waals surface area contributed by atoms with Gasteiger partial charge in [0.2, 0.25) is 5.91 Å². The van der Waals surface area contributed by atoms with Crippen LogP contribution in [-0.2, 0) is 11.3 Å². The van der Waals surface area contributed by atoms with Gasteiger partial charge in [-0.15, -0.1) is 5.10 Å². The summed E-state index contributed by atoms with van der Waals surface area (Å²) in [6.07, 6.45) is 6.53. The van der Waals surface area contributed by atoms with Gasteiger partial charge >= 0.3 is 0 Å². The molecule has 0 bridgehead atoms. The lowest BCUT2D eigenvalue weighted by Gasteiger charge is -2.11. The Kier molecular flexibility index (Phi) is 7.57. The Bertz CT molecular complexity index is 982. The summed E-state index contributed by atoms with van der Waals surface area (Å²) in [5, 5.41) is 11.3. The van der Waals surface area contributed by atoms with Crippen molar-refractivity contribution < 1.29 is 4.79 Å². The molecule has 3 aromatic rings. The molecule has 0 fully saturated rings. The number of hydrazine groups is 1. The van der Waals surface area contributed by atoms with E-state index in [0.29, 0.717) is 17.8 Å². The maximum atomic E-state index is 12.3. The normalized spacial score (nSPS) is 11.3. The molecule has 0 saturated carbocycles. The number of hydrogen-bond donors (Lipinski definition) is 4. The molecule has 6 N–H and O–H groups in total. The van der Waals surface area contributed by atoms with Gasteiger partial charge in [0.25, 0.3) is 0 Å². The Morgan fingerprint density at radius 2 is 1.80 bits per heavy atom. The Balaban J connectivity index is 1.41.